The molecule has 1 heterocycles. The molecule has 0 saturated carbocycles. The molecule has 2 rings (SSSR count). The molecule has 5 unspecified atom stereocenters. The Morgan fingerprint density at radius 2 is 1.68 bits per heavy atom. The van der Waals surface area contributed by atoms with Crippen molar-refractivity contribution >= 4 is 0 Å². The Balaban J connectivity index is 1.96. The van der Waals surface area contributed by atoms with Crippen molar-refractivity contribution in [2.45, 2.75) is 96.7 Å². The van der Waals surface area contributed by atoms with Gasteiger partial charge in [-0.05, 0) is 24.3 Å². The molecule has 0 aromatic heterocycles. The second-order valence-corrected chi connectivity index (χ2v) is 7.48. The molecule has 142 valence electrons. The van der Waals surface area contributed by atoms with E-state index in [9.17, 15) is 5.11 Å². The van der Waals surface area contributed by atoms with Crippen LogP contribution in [0.5, 0.6) is 0 Å². The number of aliphatic hydroxyl groups excluding tert-OH is 1. The summed E-state index contributed by atoms with van der Waals surface area (Å²) in [6.07, 6.45) is 7.76. The van der Waals surface area contributed by atoms with Crippen LogP contribution < -0.4 is 0 Å². The maximum Gasteiger partial charge on any atom is 0.162 e. The van der Waals surface area contributed by atoms with Gasteiger partial charge >= 0.3 is 0 Å². The lowest BCUT2D eigenvalue weighted by Crippen LogP contribution is -2.46. The quantitative estimate of drug-likeness (QED) is 0.557. The molecule has 3 nitrogen and oxygen atoms in total. The van der Waals surface area contributed by atoms with Gasteiger partial charge in [-0.3, -0.25) is 0 Å². The highest BCUT2D eigenvalue weighted by Gasteiger charge is 2.38. The molecule has 0 amide bonds. The van der Waals surface area contributed by atoms with Gasteiger partial charge in [-0.25, -0.2) is 0 Å². The zero-order valence-corrected chi connectivity index (χ0v) is 16.2. The molecule has 5 atom stereocenters. The van der Waals surface area contributed by atoms with E-state index in [1.54, 1.807) is 0 Å². The monoisotopic (exact) mass is 348 g/mol. The van der Waals surface area contributed by atoms with E-state index < -0.39 is 6.29 Å². The molecule has 1 aromatic rings. The summed E-state index contributed by atoms with van der Waals surface area (Å²) in [5.74, 6) is 0.460. The average Bonchev–Trinajstić information content (AvgIpc) is 2.62. The van der Waals surface area contributed by atoms with Crippen LogP contribution in [0, 0.1) is 5.92 Å². The van der Waals surface area contributed by atoms with Gasteiger partial charge in [0.2, 0.25) is 0 Å². The first-order valence-corrected chi connectivity index (χ1v) is 10.2. The fraction of sp³-hybridized carbons (Fsp3) is 0.727. The molecule has 1 aromatic carbocycles. The molecule has 1 fully saturated rings. The molecular formula is C22H36O3. The minimum absolute atomic E-state index is 0.111. The third-order valence-corrected chi connectivity index (χ3v) is 5.36. The second-order valence-electron chi connectivity index (χ2n) is 7.48. The van der Waals surface area contributed by atoms with Crippen molar-refractivity contribution in [3.8, 4) is 0 Å². The summed E-state index contributed by atoms with van der Waals surface area (Å²) in [6.45, 7) is 6.61. The molecule has 1 aliphatic rings. The highest BCUT2D eigenvalue weighted by Crippen LogP contribution is 2.34. The van der Waals surface area contributed by atoms with E-state index in [2.05, 4.69) is 45.0 Å². The second kappa shape index (κ2) is 10.9. The lowest BCUT2D eigenvalue weighted by Gasteiger charge is -2.41. The zero-order valence-electron chi connectivity index (χ0n) is 16.2. The standard InChI is InChI=1S/C22H36O3/c1-4-6-9-15-20-19(14-7-5-2)22(23)25-21(24-20)16-17(3)18-12-10-8-11-13-18/h8,10-13,17,19-23H,4-7,9,14-16H2,1-3H3. The van der Waals surface area contributed by atoms with Crippen LogP contribution in [-0.2, 0) is 9.47 Å². The van der Waals surface area contributed by atoms with Crippen LogP contribution in [0.1, 0.15) is 83.6 Å². The summed E-state index contributed by atoms with van der Waals surface area (Å²) in [4.78, 5) is 0. The Morgan fingerprint density at radius 3 is 2.36 bits per heavy atom. The summed E-state index contributed by atoms with van der Waals surface area (Å²) in [5, 5.41) is 10.6. The Morgan fingerprint density at radius 1 is 0.960 bits per heavy atom. The van der Waals surface area contributed by atoms with Crippen LogP contribution in [0.4, 0.5) is 0 Å². The molecule has 1 N–H and O–H groups in total. The van der Waals surface area contributed by atoms with Crippen molar-refractivity contribution in [3.05, 3.63) is 35.9 Å². The number of hydrogen-bond donors (Lipinski definition) is 1. The molecular weight excluding hydrogens is 312 g/mol. The fourth-order valence-electron chi connectivity index (χ4n) is 3.73. The molecule has 1 saturated heterocycles. The first-order chi connectivity index (χ1) is 12.2. The van der Waals surface area contributed by atoms with Gasteiger partial charge in [0.25, 0.3) is 0 Å². The van der Waals surface area contributed by atoms with Crippen molar-refractivity contribution in [3.63, 3.8) is 0 Å². The van der Waals surface area contributed by atoms with E-state index in [1.807, 2.05) is 6.07 Å². The molecule has 0 radical (unpaired) electrons. The molecule has 3 heteroatoms. The maximum atomic E-state index is 10.6. The number of benzene rings is 1. The minimum Gasteiger partial charge on any atom is -0.368 e. The SMILES string of the molecule is CCCCCC1OC(CC(C)c2ccccc2)OC(O)C1CCCC. The van der Waals surface area contributed by atoms with E-state index >= 15 is 0 Å². The van der Waals surface area contributed by atoms with Gasteiger partial charge in [0, 0.05) is 12.3 Å². The number of rotatable bonds is 10. The van der Waals surface area contributed by atoms with Gasteiger partial charge in [0.1, 0.15) is 0 Å². The Bertz CT molecular complexity index is 462. The van der Waals surface area contributed by atoms with E-state index in [-0.39, 0.29) is 18.3 Å². The van der Waals surface area contributed by atoms with Crippen LogP contribution in [0.2, 0.25) is 0 Å². The normalized spacial score (nSPS) is 28.0. The molecule has 0 spiro atoms. The zero-order chi connectivity index (χ0) is 18.1. The van der Waals surface area contributed by atoms with Crippen LogP contribution in [0.15, 0.2) is 30.3 Å². The van der Waals surface area contributed by atoms with Gasteiger partial charge in [-0.2, -0.15) is 0 Å². The Kier molecular flexibility index (Phi) is 8.94. The largest absolute Gasteiger partial charge is 0.368 e. The summed E-state index contributed by atoms with van der Waals surface area (Å²) >= 11 is 0. The van der Waals surface area contributed by atoms with Crippen molar-refractivity contribution in [1.29, 1.82) is 0 Å². The van der Waals surface area contributed by atoms with Gasteiger partial charge in [0.15, 0.2) is 12.6 Å². The Hall–Kier alpha value is -0.900. The molecule has 1 aliphatic heterocycles. The highest BCUT2D eigenvalue weighted by molar-refractivity contribution is 5.18. The summed E-state index contributed by atoms with van der Waals surface area (Å²) < 4.78 is 12.2. The van der Waals surface area contributed by atoms with Crippen molar-refractivity contribution in [2.75, 3.05) is 0 Å². The highest BCUT2D eigenvalue weighted by atomic mass is 16.7. The third-order valence-electron chi connectivity index (χ3n) is 5.36. The maximum absolute atomic E-state index is 10.6. The van der Waals surface area contributed by atoms with Crippen molar-refractivity contribution in [1.82, 2.24) is 0 Å². The van der Waals surface area contributed by atoms with Gasteiger partial charge in [-0.15, -0.1) is 0 Å². The van der Waals surface area contributed by atoms with Crippen molar-refractivity contribution in [2.24, 2.45) is 5.92 Å². The summed E-state index contributed by atoms with van der Waals surface area (Å²) in [6, 6.07) is 10.5. The van der Waals surface area contributed by atoms with E-state index in [0.717, 1.165) is 38.5 Å². The number of aliphatic hydroxyl groups is 1. The molecule has 0 aliphatic carbocycles. The van der Waals surface area contributed by atoms with Crippen LogP contribution in [-0.4, -0.2) is 23.8 Å². The van der Waals surface area contributed by atoms with E-state index in [4.69, 9.17) is 9.47 Å². The number of hydrogen-bond acceptors (Lipinski definition) is 3. The number of unbranched alkanes of at least 4 members (excludes halogenated alkanes) is 3. The first kappa shape index (κ1) is 20.4. The van der Waals surface area contributed by atoms with Crippen molar-refractivity contribution < 1.29 is 14.6 Å². The lowest BCUT2D eigenvalue weighted by molar-refractivity contribution is -0.324. The predicted octanol–water partition coefficient (Wildman–Crippen LogP) is 5.63. The van der Waals surface area contributed by atoms with E-state index in [0.29, 0.717) is 5.92 Å². The number of ether oxygens (including phenoxy) is 2. The van der Waals surface area contributed by atoms with Crippen LogP contribution in [0.3, 0.4) is 0 Å². The van der Waals surface area contributed by atoms with Gasteiger partial charge in [-0.1, -0.05) is 83.2 Å². The Labute approximate surface area is 153 Å². The lowest BCUT2D eigenvalue weighted by atomic mass is 9.90. The smallest absolute Gasteiger partial charge is 0.162 e. The summed E-state index contributed by atoms with van der Waals surface area (Å²) in [7, 11) is 0. The third kappa shape index (κ3) is 6.40. The average molecular weight is 349 g/mol. The molecule has 0 bridgehead atoms. The van der Waals surface area contributed by atoms with E-state index in [1.165, 1.54) is 18.4 Å². The van der Waals surface area contributed by atoms with Crippen LogP contribution >= 0.6 is 0 Å². The van der Waals surface area contributed by atoms with Gasteiger partial charge in [0.05, 0.1) is 6.10 Å². The fourth-order valence-corrected chi connectivity index (χ4v) is 3.73. The minimum atomic E-state index is -0.695. The topological polar surface area (TPSA) is 38.7 Å². The molecule has 25 heavy (non-hydrogen) atoms. The van der Waals surface area contributed by atoms with Gasteiger partial charge < -0.3 is 14.6 Å². The first-order valence-electron chi connectivity index (χ1n) is 10.2. The van der Waals surface area contributed by atoms with Crippen LogP contribution in [0.25, 0.3) is 0 Å². The predicted molar refractivity (Wildman–Crippen MR) is 102 cm³/mol. The summed E-state index contributed by atoms with van der Waals surface area (Å²) in [5.41, 5.74) is 1.29.